The first-order valence-electron chi connectivity index (χ1n) is 3.94. The number of hydrogen-bond acceptors (Lipinski definition) is 2. The highest BCUT2D eigenvalue weighted by atomic mass is 16.2. The Hall–Kier alpha value is -0.830. The molecule has 1 rings (SSSR count). The molecule has 1 fully saturated rings. The van der Waals surface area contributed by atoms with E-state index in [-0.39, 0.29) is 11.9 Å². The topological polar surface area (TPSA) is 46.3 Å². The van der Waals surface area contributed by atoms with Gasteiger partial charge < -0.3 is 10.6 Å². The fourth-order valence-corrected chi connectivity index (χ4v) is 1.27. The zero-order valence-corrected chi connectivity index (χ0v) is 6.62. The lowest BCUT2D eigenvalue weighted by molar-refractivity contribution is -0.129. The Morgan fingerprint density at radius 3 is 3.00 bits per heavy atom. The summed E-state index contributed by atoms with van der Waals surface area (Å²) in [5, 5.41) is 0. The summed E-state index contributed by atoms with van der Waals surface area (Å²) < 4.78 is 0. The molecule has 0 spiro atoms. The van der Waals surface area contributed by atoms with Gasteiger partial charge in [-0.2, -0.15) is 0 Å². The number of nitrogens with two attached hydrogens (primary N) is 1. The average Bonchev–Trinajstić information content (AvgIpc) is 2.16. The quantitative estimate of drug-likeness (QED) is 0.596. The zero-order valence-electron chi connectivity index (χ0n) is 6.62. The predicted octanol–water partition coefficient (Wildman–Crippen LogP) is 0.470. The van der Waals surface area contributed by atoms with E-state index in [2.05, 4.69) is 6.58 Å². The molecule has 3 heteroatoms. The lowest BCUT2D eigenvalue weighted by Crippen LogP contribution is -2.39. The highest BCUT2D eigenvalue weighted by molar-refractivity contribution is 5.82. The van der Waals surface area contributed by atoms with E-state index in [1.165, 1.54) is 0 Å². The molecule has 0 bridgehead atoms. The van der Waals surface area contributed by atoms with Crippen LogP contribution in [0.25, 0.3) is 0 Å². The van der Waals surface area contributed by atoms with E-state index in [1.807, 2.05) is 0 Å². The minimum absolute atomic E-state index is 0.0116. The van der Waals surface area contributed by atoms with E-state index in [9.17, 15) is 4.79 Å². The highest BCUT2D eigenvalue weighted by Gasteiger charge is 2.21. The average molecular weight is 154 g/mol. The monoisotopic (exact) mass is 154 g/mol. The van der Waals surface area contributed by atoms with Gasteiger partial charge in [-0.3, -0.25) is 4.79 Å². The lowest BCUT2D eigenvalue weighted by atomic mass is 10.1. The van der Waals surface area contributed by atoms with Crippen LogP contribution in [0.1, 0.15) is 19.3 Å². The first-order chi connectivity index (χ1) is 5.25. The molecule has 0 aromatic heterocycles. The molecule has 1 amide bonds. The normalized spacial score (nSPS) is 26.5. The van der Waals surface area contributed by atoms with Gasteiger partial charge in [-0.25, -0.2) is 0 Å². The van der Waals surface area contributed by atoms with Gasteiger partial charge in [0.05, 0.1) is 6.04 Å². The minimum atomic E-state index is -0.310. The van der Waals surface area contributed by atoms with Crippen molar-refractivity contribution in [1.29, 1.82) is 0 Å². The standard InChI is InChI=1S/C8H14N2O/c1-2-10-6-4-3-5-7(9)8(10)11/h2,7H,1,3-6,9H2. The van der Waals surface area contributed by atoms with Gasteiger partial charge in [-0.05, 0) is 25.5 Å². The van der Waals surface area contributed by atoms with Crippen LogP contribution >= 0.6 is 0 Å². The molecule has 2 N–H and O–H groups in total. The van der Waals surface area contributed by atoms with Gasteiger partial charge in [-0.15, -0.1) is 0 Å². The van der Waals surface area contributed by atoms with Gasteiger partial charge in [0.15, 0.2) is 0 Å². The third-order valence-electron chi connectivity index (χ3n) is 1.98. The molecule has 3 nitrogen and oxygen atoms in total. The number of carbonyl (C=O) groups is 1. The van der Waals surface area contributed by atoms with E-state index in [1.54, 1.807) is 11.1 Å². The molecule has 1 unspecified atom stereocenters. The second-order valence-electron chi connectivity index (χ2n) is 2.82. The van der Waals surface area contributed by atoms with Crippen LogP contribution in [0.3, 0.4) is 0 Å². The molecule has 62 valence electrons. The van der Waals surface area contributed by atoms with E-state index < -0.39 is 0 Å². The number of amides is 1. The van der Waals surface area contributed by atoms with Crippen LogP contribution in [0.2, 0.25) is 0 Å². The van der Waals surface area contributed by atoms with Crippen LogP contribution in [0.4, 0.5) is 0 Å². The molecule has 0 aromatic carbocycles. The molecule has 0 aromatic rings. The summed E-state index contributed by atoms with van der Waals surface area (Å²) in [6.07, 6.45) is 4.44. The maximum atomic E-state index is 11.3. The number of nitrogens with zero attached hydrogens (tertiary/aromatic N) is 1. The van der Waals surface area contributed by atoms with Crippen molar-refractivity contribution >= 4 is 5.91 Å². The Morgan fingerprint density at radius 2 is 2.36 bits per heavy atom. The van der Waals surface area contributed by atoms with Crippen LogP contribution in [0.5, 0.6) is 0 Å². The zero-order chi connectivity index (χ0) is 8.27. The minimum Gasteiger partial charge on any atom is -0.320 e. The van der Waals surface area contributed by atoms with Crippen molar-refractivity contribution in [3.05, 3.63) is 12.8 Å². The number of hydrogen-bond donors (Lipinski definition) is 1. The second-order valence-corrected chi connectivity index (χ2v) is 2.82. The van der Waals surface area contributed by atoms with Gasteiger partial charge >= 0.3 is 0 Å². The van der Waals surface area contributed by atoms with Crippen molar-refractivity contribution in [1.82, 2.24) is 4.90 Å². The molecule has 1 atom stereocenters. The third kappa shape index (κ3) is 1.80. The van der Waals surface area contributed by atoms with Crippen LogP contribution in [-0.2, 0) is 4.79 Å². The molecule has 1 saturated heterocycles. The fraction of sp³-hybridized carbons (Fsp3) is 0.625. The molecule has 0 radical (unpaired) electrons. The van der Waals surface area contributed by atoms with Gasteiger partial charge in [0.1, 0.15) is 0 Å². The molecular formula is C8H14N2O. The van der Waals surface area contributed by atoms with Gasteiger partial charge in [-0.1, -0.05) is 6.58 Å². The summed E-state index contributed by atoms with van der Waals surface area (Å²) in [5.41, 5.74) is 5.61. The van der Waals surface area contributed by atoms with Crippen LogP contribution < -0.4 is 5.73 Å². The molecule has 0 saturated carbocycles. The maximum absolute atomic E-state index is 11.3. The van der Waals surface area contributed by atoms with Crippen molar-refractivity contribution in [2.75, 3.05) is 6.54 Å². The summed E-state index contributed by atoms with van der Waals surface area (Å²) in [4.78, 5) is 12.9. The summed E-state index contributed by atoms with van der Waals surface area (Å²) in [7, 11) is 0. The van der Waals surface area contributed by atoms with Gasteiger partial charge in [0.25, 0.3) is 0 Å². The Labute approximate surface area is 66.9 Å². The van der Waals surface area contributed by atoms with E-state index in [4.69, 9.17) is 5.73 Å². The molecule has 11 heavy (non-hydrogen) atoms. The Bertz CT molecular complexity index is 167. The third-order valence-corrected chi connectivity index (χ3v) is 1.98. The maximum Gasteiger partial charge on any atom is 0.243 e. The van der Waals surface area contributed by atoms with Crippen molar-refractivity contribution in [3.63, 3.8) is 0 Å². The Balaban J connectivity index is 2.63. The molecule has 1 aliphatic rings. The number of likely N-dealkylation sites (tertiary alicyclic amines) is 1. The van der Waals surface area contributed by atoms with Crippen LogP contribution in [0.15, 0.2) is 12.8 Å². The van der Waals surface area contributed by atoms with Crippen molar-refractivity contribution in [2.24, 2.45) is 5.73 Å². The number of rotatable bonds is 1. The Kier molecular flexibility index (Phi) is 2.65. The summed E-state index contributed by atoms with van der Waals surface area (Å²) in [5.74, 6) is 0.0116. The predicted molar refractivity (Wildman–Crippen MR) is 43.7 cm³/mol. The molecule has 1 aliphatic heterocycles. The summed E-state index contributed by atoms with van der Waals surface area (Å²) in [6, 6.07) is -0.310. The summed E-state index contributed by atoms with van der Waals surface area (Å²) >= 11 is 0. The molecule has 1 heterocycles. The lowest BCUT2D eigenvalue weighted by Gasteiger charge is -2.16. The van der Waals surface area contributed by atoms with E-state index in [0.29, 0.717) is 0 Å². The fourth-order valence-electron chi connectivity index (χ4n) is 1.27. The first-order valence-corrected chi connectivity index (χ1v) is 3.94. The van der Waals surface area contributed by atoms with E-state index >= 15 is 0 Å². The van der Waals surface area contributed by atoms with Crippen molar-refractivity contribution in [3.8, 4) is 0 Å². The molecular weight excluding hydrogens is 140 g/mol. The SMILES string of the molecule is C=CN1CCCCC(N)C1=O. The Morgan fingerprint density at radius 1 is 1.64 bits per heavy atom. The highest BCUT2D eigenvalue weighted by Crippen LogP contribution is 2.10. The smallest absolute Gasteiger partial charge is 0.243 e. The van der Waals surface area contributed by atoms with Crippen molar-refractivity contribution in [2.45, 2.75) is 25.3 Å². The van der Waals surface area contributed by atoms with Gasteiger partial charge in [0.2, 0.25) is 5.91 Å². The number of carbonyl (C=O) groups excluding carboxylic acids is 1. The van der Waals surface area contributed by atoms with Crippen LogP contribution in [-0.4, -0.2) is 23.4 Å². The van der Waals surface area contributed by atoms with Crippen LogP contribution in [0, 0.1) is 0 Å². The van der Waals surface area contributed by atoms with Gasteiger partial charge in [0, 0.05) is 6.54 Å². The van der Waals surface area contributed by atoms with E-state index in [0.717, 1.165) is 25.8 Å². The largest absolute Gasteiger partial charge is 0.320 e. The second kappa shape index (κ2) is 3.53. The van der Waals surface area contributed by atoms with Crippen molar-refractivity contribution < 1.29 is 4.79 Å². The summed E-state index contributed by atoms with van der Waals surface area (Å²) in [6.45, 7) is 4.33. The first kappa shape index (κ1) is 8.27. The molecule has 0 aliphatic carbocycles.